The zero-order chi connectivity index (χ0) is 23.4. The van der Waals surface area contributed by atoms with Crippen LogP contribution in [0.4, 0.5) is 5.69 Å². The van der Waals surface area contributed by atoms with Crippen LogP contribution in [0.5, 0.6) is 11.5 Å². The van der Waals surface area contributed by atoms with Crippen LogP contribution in [0.25, 0.3) is 0 Å². The van der Waals surface area contributed by atoms with Gasteiger partial charge in [0, 0.05) is 18.8 Å². The summed E-state index contributed by atoms with van der Waals surface area (Å²) in [6.07, 6.45) is 1.65. The Balaban J connectivity index is 1.48. The van der Waals surface area contributed by atoms with Crippen LogP contribution in [-0.4, -0.2) is 31.7 Å². The average Bonchev–Trinajstić information content (AvgIpc) is 2.81. The van der Waals surface area contributed by atoms with Crippen LogP contribution >= 0.6 is 11.6 Å². The van der Waals surface area contributed by atoms with E-state index in [4.69, 9.17) is 16.3 Å². The molecule has 0 unspecified atom stereocenters. The Bertz CT molecular complexity index is 1220. The molecule has 6 nitrogen and oxygen atoms in total. The maximum atomic E-state index is 13.1. The van der Waals surface area contributed by atoms with Gasteiger partial charge in [0.05, 0.1) is 15.5 Å². The summed E-state index contributed by atoms with van der Waals surface area (Å²) in [6.45, 7) is 3.07. The lowest BCUT2D eigenvalue weighted by Crippen LogP contribution is -2.37. The van der Waals surface area contributed by atoms with E-state index in [1.54, 1.807) is 24.3 Å². The second kappa shape index (κ2) is 9.95. The van der Waals surface area contributed by atoms with Crippen molar-refractivity contribution in [2.45, 2.75) is 24.7 Å². The zero-order valence-corrected chi connectivity index (χ0v) is 19.8. The molecule has 1 saturated heterocycles. The molecule has 1 heterocycles. The van der Waals surface area contributed by atoms with E-state index >= 15 is 0 Å². The number of piperidine rings is 1. The Hall–Kier alpha value is -2.87. The van der Waals surface area contributed by atoms with Gasteiger partial charge in [-0.05, 0) is 73.4 Å². The van der Waals surface area contributed by atoms with Crippen molar-refractivity contribution in [3.8, 4) is 11.5 Å². The molecule has 8 heteroatoms. The van der Waals surface area contributed by atoms with Crippen LogP contribution in [0.15, 0.2) is 77.7 Å². The molecule has 0 aromatic heterocycles. The maximum absolute atomic E-state index is 13.1. The molecular formula is C25H25ClN2O4S. The predicted molar refractivity (Wildman–Crippen MR) is 130 cm³/mol. The lowest BCUT2D eigenvalue weighted by molar-refractivity contribution is 0.102. The van der Waals surface area contributed by atoms with E-state index in [1.165, 1.54) is 22.5 Å². The van der Waals surface area contributed by atoms with Gasteiger partial charge in [-0.3, -0.25) is 4.79 Å². The van der Waals surface area contributed by atoms with Gasteiger partial charge in [0.15, 0.2) is 0 Å². The summed E-state index contributed by atoms with van der Waals surface area (Å²) < 4.78 is 33.4. The third kappa shape index (κ3) is 5.55. The molecule has 0 spiro atoms. The van der Waals surface area contributed by atoms with Gasteiger partial charge in [0.25, 0.3) is 5.91 Å². The van der Waals surface area contributed by atoms with E-state index in [0.717, 1.165) is 12.8 Å². The largest absolute Gasteiger partial charge is 0.457 e. The van der Waals surface area contributed by atoms with Gasteiger partial charge in [-0.15, -0.1) is 0 Å². The van der Waals surface area contributed by atoms with Gasteiger partial charge >= 0.3 is 0 Å². The molecule has 1 aliphatic heterocycles. The number of rotatable bonds is 6. The number of carbonyl (C=O) groups is 1. The predicted octanol–water partition coefficient (Wildman–Crippen LogP) is 5.81. The zero-order valence-electron chi connectivity index (χ0n) is 18.2. The fourth-order valence-electron chi connectivity index (χ4n) is 3.64. The number of hydrogen-bond donors (Lipinski definition) is 1. The van der Waals surface area contributed by atoms with Crippen molar-refractivity contribution in [2.24, 2.45) is 5.92 Å². The molecule has 0 bridgehead atoms. The number of sulfonamides is 1. The Morgan fingerprint density at radius 1 is 0.970 bits per heavy atom. The molecule has 3 aromatic carbocycles. The van der Waals surface area contributed by atoms with Crippen LogP contribution in [0.2, 0.25) is 5.02 Å². The van der Waals surface area contributed by atoms with Crippen molar-refractivity contribution in [2.75, 3.05) is 18.4 Å². The van der Waals surface area contributed by atoms with Crippen molar-refractivity contribution < 1.29 is 17.9 Å². The number of carbonyl (C=O) groups excluding carboxylic acids is 1. The maximum Gasteiger partial charge on any atom is 0.257 e. The number of benzene rings is 3. The highest BCUT2D eigenvalue weighted by Crippen LogP contribution is 2.28. The summed E-state index contributed by atoms with van der Waals surface area (Å²) >= 11 is 6.24. The van der Waals surface area contributed by atoms with Crippen molar-refractivity contribution in [1.82, 2.24) is 4.31 Å². The average molecular weight is 485 g/mol. The van der Waals surface area contributed by atoms with Crippen molar-refractivity contribution in [3.05, 3.63) is 83.4 Å². The molecule has 1 fully saturated rings. The quantitative estimate of drug-likeness (QED) is 0.479. The molecule has 4 rings (SSSR count). The molecule has 0 aliphatic carbocycles. The van der Waals surface area contributed by atoms with Crippen LogP contribution in [-0.2, 0) is 10.0 Å². The first-order valence-corrected chi connectivity index (χ1v) is 12.6. The van der Waals surface area contributed by atoms with E-state index < -0.39 is 15.9 Å². The summed E-state index contributed by atoms with van der Waals surface area (Å²) in [5, 5.41) is 2.95. The molecule has 0 radical (unpaired) electrons. The third-order valence-electron chi connectivity index (χ3n) is 5.65. The second-order valence-electron chi connectivity index (χ2n) is 8.12. The summed E-state index contributed by atoms with van der Waals surface area (Å²) in [7, 11) is -3.69. The number of anilines is 1. The van der Waals surface area contributed by atoms with Gasteiger partial charge in [0.1, 0.15) is 11.5 Å². The minimum absolute atomic E-state index is 0.0678. The molecule has 3 aromatic rings. The van der Waals surface area contributed by atoms with E-state index in [-0.39, 0.29) is 15.5 Å². The standard InChI is InChI=1S/C25H25ClN2O4S/c1-18-13-15-28(16-14-18)33(30,31)22-11-12-24(26)23(17-22)25(29)27-19-7-9-21(10-8-19)32-20-5-3-2-4-6-20/h2-12,17-18H,13-16H2,1H3,(H,27,29). The number of ether oxygens (including phenoxy) is 1. The highest BCUT2D eigenvalue weighted by molar-refractivity contribution is 7.89. The Morgan fingerprint density at radius 2 is 1.61 bits per heavy atom. The number of hydrogen-bond acceptors (Lipinski definition) is 4. The number of nitrogens with zero attached hydrogens (tertiary/aromatic N) is 1. The first-order valence-electron chi connectivity index (χ1n) is 10.8. The van der Waals surface area contributed by atoms with E-state index in [0.29, 0.717) is 36.2 Å². The number of amides is 1. The topological polar surface area (TPSA) is 75.7 Å². The normalized spacial score (nSPS) is 15.2. The number of nitrogens with one attached hydrogen (secondary N) is 1. The van der Waals surface area contributed by atoms with Gasteiger partial charge in [-0.25, -0.2) is 8.42 Å². The van der Waals surface area contributed by atoms with Crippen molar-refractivity contribution in [3.63, 3.8) is 0 Å². The molecule has 1 amide bonds. The highest BCUT2D eigenvalue weighted by atomic mass is 35.5. The molecule has 0 saturated carbocycles. The van der Waals surface area contributed by atoms with Gasteiger partial charge in [-0.2, -0.15) is 4.31 Å². The molecule has 1 N–H and O–H groups in total. The fraction of sp³-hybridized carbons (Fsp3) is 0.240. The van der Waals surface area contributed by atoms with E-state index in [2.05, 4.69) is 12.2 Å². The number of para-hydroxylation sites is 1. The number of halogens is 1. The first-order chi connectivity index (χ1) is 15.8. The Labute approximate surface area is 199 Å². The Kier molecular flexibility index (Phi) is 7.02. The van der Waals surface area contributed by atoms with Gasteiger partial charge in [-0.1, -0.05) is 36.7 Å². The summed E-state index contributed by atoms with van der Waals surface area (Å²) in [5.41, 5.74) is 0.641. The van der Waals surface area contributed by atoms with Crippen LogP contribution in [0, 0.1) is 5.92 Å². The van der Waals surface area contributed by atoms with Gasteiger partial charge in [0.2, 0.25) is 10.0 Å². The van der Waals surface area contributed by atoms with Crippen LogP contribution in [0.3, 0.4) is 0 Å². The molecular weight excluding hydrogens is 460 g/mol. The van der Waals surface area contributed by atoms with Crippen LogP contribution in [0.1, 0.15) is 30.1 Å². The lowest BCUT2D eigenvalue weighted by atomic mass is 10.0. The van der Waals surface area contributed by atoms with Crippen molar-refractivity contribution >= 4 is 33.2 Å². The smallest absolute Gasteiger partial charge is 0.257 e. The monoisotopic (exact) mass is 484 g/mol. The highest BCUT2D eigenvalue weighted by Gasteiger charge is 2.29. The summed E-state index contributed by atoms with van der Waals surface area (Å²) in [5.74, 6) is 1.36. The summed E-state index contributed by atoms with van der Waals surface area (Å²) in [6, 6.07) is 20.5. The SMILES string of the molecule is CC1CCN(S(=O)(=O)c2ccc(Cl)c(C(=O)Nc3ccc(Oc4ccccc4)cc3)c2)CC1. The third-order valence-corrected chi connectivity index (χ3v) is 7.88. The first kappa shape index (κ1) is 23.3. The second-order valence-corrected chi connectivity index (χ2v) is 10.5. The fourth-order valence-corrected chi connectivity index (χ4v) is 5.34. The molecule has 1 aliphatic rings. The van der Waals surface area contributed by atoms with E-state index in [9.17, 15) is 13.2 Å². The Morgan fingerprint density at radius 3 is 2.27 bits per heavy atom. The van der Waals surface area contributed by atoms with Gasteiger partial charge < -0.3 is 10.1 Å². The van der Waals surface area contributed by atoms with Crippen molar-refractivity contribution in [1.29, 1.82) is 0 Å². The molecule has 0 atom stereocenters. The molecule has 33 heavy (non-hydrogen) atoms. The van der Waals surface area contributed by atoms with Crippen LogP contribution < -0.4 is 10.1 Å². The minimum atomic E-state index is -3.69. The minimum Gasteiger partial charge on any atom is -0.457 e. The molecule has 172 valence electrons. The van der Waals surface area contributed by atoms with E-state index in [1.807, 2.05) is 30.3 Å². The lowest BCUT2D eigenvalue weighted by Gasteiger charge is -2.29. The summed E-state index contributed by atoms with van der Waals surface area (Å²) in [4.78, 5) is 12.9.